The number of hydrogen-bond acceptors (Lipinski definition) is 4. The van der Waals surface area contributed by atoms with Gasteiger partial charge in [0, 0.05) is 31.7 Å². The zero-order valence-electron chi connectivity index (χ0n) is 18.8. The summed E-state index contributed by atoms with van der Waals surface area (Å²) in [7, 11) is -2.34. The molecule has 1 aliphatic rings. The zero-order valence-corrected chi connectivity index (χ0v) is 19.7. The van der Waals surface area contributed by atoms with Crippen LogP contribution < -0.4 is 0 Å². The van der Waals surface area contributed by atoms with Crippen LogP contribution in [0.3, 0.4) is 0 Å². The number of fused-ring (bicyclic) bond motifs is 2. The minimum absolute atomic E-state index is 0.108. The fraction of sp³-hybridized carbons (Fsp3) is 0.185. The smallest absolute Gasteiger partial charge is 0.246 e. The number of carbonyl (C=O) groups is 1. The average Bonchev–Trinajstić information content (AvgIpc) is 2.86. The van der Waals surface area contributed by atoms with Crippen LogP contribution in [-0.2, 0) is 34.3 Å². The molecule has 2 heterocycles. The van der Waals surface area contributed by atoms with Gasteiger partial charge in [0.25, 0.3) is 0 Å². The van der Waals surface area contributed by atoms with E-state index >= 15 is 0 Å². The van der Waals surface area contributed by atoms with Crippen LogP contribution in [0.4, 0.5) is 0 Å². The van der Waals surface area contributed by atoms with Gasteiger partial charge in [-0.05, 0) is 35.2 Å². The number of rotatable bonds is 4. The molecule has 0 unspecified atom stereocenters. The highest BCUT2D eigenvalue weighted by Crippen LogP contribution is 2.30. The first-order valence-electron chi connectivity index (χ1n) is 11.2. The van der Waals surface area contributed by atoms with E-state index in [9.17, 15) is 13.2 Å². The SMILES string of the molecule is CN1Cc2ccccc2CN(S(=O)(=O)c2cccc3cccnc23)[C@H](Cc2ccccc2)C1=O. The fourth-order valence-electron chi connectivity index (χ4n) is 4.54. The molecule has 0 N–H and O–H groups in total. The molecule has 0 fully saturated rings. The summed E-state index contributed by atoms with van der Waals surface area (Å²) in [5.74, 6) is -0.227. The minimum Gasteiger partial charge on any atom is -0.340 e. The van der Waals surface area contributed by atoms with E-state index in [1.165, 1.54) is 4.31 Å². The molecule has 0 bridgehead atoms. The Kier molecular flexibility index (Phi) is 5.89. The van der Waals surface area contributed by atoms with Gasteiger partial charge in [0.15, 0.2) is 0 Å². The molecular formula is C27H25N3O3S. The Labute approximate surface area is 199 Å². The van der Waals surface area contributed by atoms with Gasteiger partial charge < -0.3 is 4.90 Å². The van der Waals surface area contributed by atoms with Crippen LogP contribution >= 0.6 is 0 Å². The summed E-state index contributed by atoms with van der Waals surface area (Å²) in [6, 6.07) is 25.1. The van der Waals surface area contributed by atoms with Crippen LogP contribution in [0.25, 0.3) is 10.9 Å². The average molecular weight is 472 g/mol. The van der Waals surface area contributed by atoms with Gasteiger partial charge >= 0.3 is 0 Å². The molecule has 0 aliphatic carbocycles. The standard InChI is InChI=1S/C27H25N3O3S/c1-29-18-22-11-5-6-12-23(22)19-30(24(27(29)31)17-20-9-3-2-4-10-20)34(32,33)25-15-7-13-21-14-8-16-28-26(21)25/h2-16,24H,17-19H2,1H3/t24-/m1/s1. The topological polar surface area (TPSA) is 70.6 Å². The summed E-state index contributed by atoms with van der Waals surface area (Å²) in [5, 5.41) is 0.735. The van der Waals surface area contributed by atoms with E-state index in [0.717, 1.165) is 22.1 Å². The van der Waals surface area contributed by atoms with Crippen molar-refractivity contribution in [3.8, 4) is 0 Å². The highest BCUT2D eigenvalue weighted by atomic mass is 32.2. The monoisotopic (exact) mass is 471 g/mol. The van der Waals surface area contributed by atoms with Crippen molar-refractivity contribution in [3.05, 3.63) is 108 Å². The van der Waals surface area contributed by atoms with E-state index in [4.69, 9.17) is 0 Å². The summed E-state index contributed by atoms with van der Waals surface area (Å²) in [5.41, 5.74) is 3.13. The Morgan fingerprint density at radius 3 is 2.29 bits per heavy atom. The minimum atomic E-state index is -4.07. The maximum absolute atomic E-state index is 14.2. The normalized spacial score (nSPS) is 17.3. The first kappa shape index (κ1) is 22.3. The third-order valence-electron chi connectivity index (χ3n) is 6.32. The van der Waals surface area contributed by atoms with Crippen molar-refractivity contribution in [2.45, 2.75) is 30.4 Å². The lowest BCUT2D eigenvalue weighted by molar-refractivity contribution is -0.135. The number of hydrogen-bond donors (Lipinski definition) is 0. The zero-order chi connectivity index (χ0) is 23.7. The Hall–Kier alpha value is -3.55. The van der Waals surface area contributed by atoms with E-state index in [0.29, 0.717) is 12.1 Å². The van der Waals surface area contributed by atoms with Crippen LogP contribution in [-0.4, -0.2) is 41.6 Å². The van der Waals surface area contributed by atoms with Gasteiger partial charge in [-0.25, -0.2) is 8.42 Å². The summed E-state index contributed by atoms with van der Waals surface area (Å²) in [4.78, 5) is 19.8. The van der Waals surface area contributed by atoms with Crippen molar-refractivity contribution in [1.29, 1.82) is 0 Å². The Morgan fingerprint density at radius 2 is 1.53 bits per heavy atom. The van der Waals surface area contributed by atoms with Gasteiger partial charge in [-0.1, -0.05) is 72.8 Å². The summed E-state index contributed by atoms with van der Waals surface area (Å²) in [6.07, 6.45) is 1.87. The van der Waals surface area contributed by atoms with E-state index < -0.39 is 16.1 Å². The third-order valence-corrected chi connectivity index (χ3v) is 8.20. The maximum atomic E-state index is 14.2. The molecule has 0 saturated heterocycles. The molecule has 1 amide bonds. The van der Waals surface area contributed by atoms with Gasteiger partial charge in [0.05, 0.1) is 5.52 Å². The molecule has 1 aromatic heterocycles. The molecule has 1 atom stereocenters. The Morgan fingerprint density at radius 1 is 0.853 bits per heavy atom. The molecule has 0 saturated carbocycles. The van der Waals surface area contributed by atoms with Gasteiger partial charge in [-0.2, -0.15) is 4.31 Å². The molecule has 0 radical (unpaired) electrons. The number of para-hydroxylation sites is 1. The van der Waals surface area contributed by atoms with E-state index in [-0.39, 0.29) is 23.8 Å². The molecule has 5 rings (SSSR count). The number of likely N-dealkylation sites (N-methyl/N-ethyl adjacent to an activating group) is 1. The molecule has 4 aromatic rings. The van der Waals surface area contributed by atoms with Crippen LogP contribution in [0, 0.1) is 0 Å². The number of sulfonamides is 1. The molecule has 1 aliphatic heterocycles. The van der Waals surface area contributed by atoms with Crippen molar-refractivity contribution in [3.63, 3.8) is 0 Å². The van der Waals surface area contributed by atoms with Crippen molar-refractivity contribution in [1.82, 2.24) is 14.2 Å². The fourth-order valence-corrected chi connectivity index (χ4v) is 6.27. The summed E-state index contributed by atoms with van der Waals surface area (Å²) in [6.45, 7) is 0.544. The van der Waals surface area contributed by atoms with Gasteiger partial charge in [0.2, 0.25) is 15.9 Å². The number of benzene rings is 3. The van der Waals surface area contributed by atoms with E-state index in [1.54, 1.807) is 36.3 Å². The second-order valence-corrected chi connectivity index (χ2v) is 10.4. The van der Waals surface area contributed by atoms with E-state index in [2.05, 4.69) is 4.98 Å². The second kappa shape index (κ2) is 9.00. The molecule has 6 nitrogen and oxygen atoms in total. The summed E-state index contributed by atoms with van der Waals surface area (Å²) >= 11 is 0. The largest absolute Gasteiger partial charge is 0.340 e. The molecule has 34 heavy (non-hydrogen) atoms. The van der Waals surface area contributed by atoms with Gasteiger partial charge in [-0.15, -0.1) is 0 Å². The molecule has 172 valence electrons. The van der Waals surface area contributed by atoms with Crippen molar-refractivity contribution < 1.29 is 13.2 Å². The Bertz CT molecular complexity index is 1450. The van der Waals surface area contributed by atoms with Crippen LogP contribution in [0.15, 0.2) is 96.0 Å². The summed E-state index contributed by atoms with van der Waals surface area (Å²) < 4.78 is 29.8. The highest BCUT2D eigenvalue weighted by molar-refractivity contribution is 7.89. The highest BCUT2D eigenvalue weighted by Gasteiger charge is 2.40. The Balaban J connectivity index is 1.69. The van der Waals surface area contributed by atoms with Gasteiger partial charge in [-0.3, -0.25) is 9.78 Å². The third kappa shape index (κ3) is 4.08. The first-order chi connectivity index (χ1) is 16.4. The van der Waals surface area contributed by atoms with Crippen molar-refractivity contribution in [2.75, 3.05) is 7.05 Å². The molecule has 7 heteroatoms. The lowest BCUT2D eigenvalue weighted by Crippen LogP contribution is -2.52. The number of pyridine rings is 1. The first-order valence-corrected chi connectivity index (χ1v) is 12.6. The van der Waals surface area contributed by atoms with Gasteiger partial charge in [0.1, 0.15) is 10.9 Å². The number of amides is 1. The molecule has 0 spiro atoms. The maximum Gasteiger partial charge on any atom is 0.246 e. The number of nitrogens with zero attached hydrogens (tertiary/aromatic N) is 3. The van der Waals surface area contributed by atoms with E-state index in [1.807, 2.05) is 66.7 Å². The van der Waals surface area contributed by atoms with Crippen molar-refractivity contribution in [2.24, 2.45) is 0 Å². The lowest BCUT2D eigenvalue weighted by atomic mass is 10.0. The quantitative estimate of drug-likeness (QED) is 0.451. The number of aromatic nitrogens is 1. The predicted molar refractivity (Wildman–Crippen MR) is 131 cm³/mol. The van der Waals surface area contributed by atoms with Crippen LogP contribution in [0.1, 0.15) is 16.7 Å². The second-order valence-electron chi connectivity index (χ2n) is 8.55. The van der Waals surface area contributed by atoms with Crippen LogP contribution in [0.2, 0.25) is 0 Å². The van der Waals surface area contributed by atoms with Crippen molar-refractivity contribution >= 4 is 26.8 Å². The molecule has 3 aromatic carbocycles. The molecular weight excluding hydrogens is 446 g/mol. The lowest BCUT2D eigenvalue weighted by Gasteiger charge is -2.36. The van der Waals surface area contributed by atoms with Crippen LogP contribution in [0.5, 0.6) is 0 Å². The number of carbonyl (C=O) groups excluding carboxylic acids is 1. The predicted octanol–water partition coefficient (Wildman–Crippen LogP) is 4.01.